The number of rotatable bonds is 7. The Labute approximate surface area is 192 Å². The summed E-state index contributed by atoms with van der Waals surface area (Å²) in [6, 6.07) is 15.3. The van der Waals surface area contributed by atoms with Crippen LogP contribution in [0.3, 0.4) is 0 Å². The van der Waals surface area contributed by atoms with Gasteiger partial charge in [-0.25, -0.2) is 18.4 Å². The third kappa shape index (κ3) is 5.27. The number of hydrogen-bond acceptors (Lipinski definition) is 5. The quantitative estimate of drug-likeness (QED) is 0.437. The zero-order valence-corrected chi connectivity index (χ0v) is 19.0. The summed E-state index contributed by atoms with van der Waals surface area (Å²) in [6.07, 6.45) is 6.83. The van der Waals surface area contributed by atoms with Gasteiger partial charge in [-0.15, -0.1) is 0 Å². The Morgan fingerprint density at radius 3 is 2.48 bits per heavy atom. The molecule has 0 aliphatic carbocycles. The van der Waals surface area contributed by atoms with E-state index in [9.17, 15) is 13.2 Å². The van der Waals surface area contributed by atoms with E-state index in [-0.39, 0.29) is 10.8 Å². The molecule has 2 aromatic heterocycles. The SMILES string of the molecule is Cc1ccc(C)c(S(=O)(=O)Nc2ccc(C(=O)NCc3ccc(-n4ccnc4)nc3)cc2)c1. The number of pyridine rings is 1. The number of imidazole rings is 1. The minimum atomic E-state index is -3.73. The maximum absolute atomic E-state index is 12.8. The molecule has 0 unspecified atom stereocenters. The number of amides is 1. The van der Waals surface area contributed by atoms with Crippen LogP contribution in [0.2, 0.25) is 0 Å². The van der Waals surface area contributed by atoms with E-state index in [0.717, 1.165) is 16.9 Å². The molecule has 33 heavy (non-hydrogen) atoms. The van der Waals surface area contributed by atoms with Crippen LogP contribution in [-0.2, 0) is 16.6 Å². The maximum Gasteiger partial charge on any atom is 0.262 e. The van der Waals surface area contributed by atoms with E-state index in [1.165, 1.54) is 0 Å². The van der Waals surface area contributed by atoms with Crippen LogP contribution in [0.5, 0.6) is 0 Å². The molecule has 2 heterocycles. The van der Waals surface area contributed by atoms with Gasteiger partial charge in [0.05, 0.1) is 4.90 Å². The lowest BCUT2D eigenvalue weighted by Gasteiger charge is -2.12. The molecule has 0 saturated heterocycles. The number of carbonyl (C=O) groups is 1. The first kappa shape index (κ1) is 22.2. The smallest absolute Gasteiger partial charge is 0.262 e. The Morgan fingerprint density at radius 1 is 1.03 bits per heavy atom. The van der Waals surface area contributed by atoms with E-state index in [1.54, 1.807) is 72.8 Å². The van der Waals surface area contributed by atoms with Crippen molar-refractivity contribution in [3.63, 3.8) is 0 Å². The summed E-state index contributed by atoms with van der Waals surface area (Å²) in [6.45, 7) is 3.91. The Kier molecular flexibility index (Phi) is 6.23. The number of aryl methyl sites for hydroxylation is 2. The highest BCUT2D eigenvalue weighted by Crippen LogP contribution is 2.21. The Morgan fingerprint density at radius 2 is 1.82 bits per heavy atom. The van der Waals surface area contributed by atoms with E-state index in [0.29, 0.717) is 23.4 Å². The van der Waals surface area contributed by atoms with Gasteiger partial charge in [0.15, 0.2) is 0 Å². The van der Waals surface area contributed by atoms with E-state index < -0.39 is 10.0 Å². The largest absolute Gasteiger partial charge is 0.348 e. The van der Waals surface area contributed by atoms with Gasteiger partial charge in [0.1, 0.15) is 12.1 Å². The van der Waals surface area contributed by atoms with E-state index in [4.69, 9.17) is 0 Å². The first-order valence-corrected chi connectivity index (χ1v) is 11.7. The minimum Gasteiger partial charge on any atom is -0.348 e. The summed E-state index contributed by atoms with van der Waals surface area (Å²) in [5.41, 5.74) is 3.18. The van der Waals surface area contributed by atoms with Gasteiger partial charge in [-0.05, 0) is 66.9 Å². The van der Waals surface area contributed by atoms with Crippen molar-refractivity contribution < 1.29 is 13.2 Å². The van der Waals surface area contributed by atoms with Crippen molar-refractivity contribution in [2.75, 3.05) is 4.72 Å². The minimum absolute atomic E-state index is 0.233. The van der Waals surface area contributed by atoms with Crippen molar-refractivity contribution in [2.24, 2.45) is 0 Å². The lowest BCUT2D eigenvalue weighted by Crippen LogP contribution is -2.23. The molecule has 0 bridgehead atoms. The Balaban J connectivity index is 1.37. The fourth-order valence-electron chi connectivity index (χ4n) is 3.25. The number of nitrogens with zero attached hydrogens (tertiary/aromatic N) is 3. The summed E-state index contributed by atoms with van der Waals surface area (Å²) in [4.78, 5) is 21.1. The highest BCUT2D eigenvalue weighted by atomic mass is 32.2. The lowest BCUT2D eigenvalue weighted by molar-refractivity contribution is 0.0951. The Bertz CT molecular complexity index is 1360. The molecule has 1 amide bonds. The molecular weight excluding hydrogens is 438 g/mol. The average Bonchev–Trinajstić information content (AvgIpc) is 3.34. The predicted octanol–water partition coefficient (Wildman–Crippen LogP) is 3.61. The number of anilines is 1. The van der Waals surface area contributed by atoms with Crippen molar-refractivity contribution in [2.45, 2.75) is 25.3 Å². The summed E-state index contributed by atoms with van der Waals surface area (Å²) < 4.78 is 29.9. The van der Waals surface area contributed by atoms with E-state index >= 15 is 0 Å². The number of sulfonamides is 1. The van der Waals surface area contributed by atoms with Gasteiger partial charge < -0.3 is 5.32 Å². The fraction of sp³-hybridized carbons (Fsp3) is 0.125. The monoisotopic (exact) mass is 461 g/mol. The predicted molar refractivity (Wildman–Crippen MR) is 126 cm³/mol. The molecule has 0 radical (unpaired) electrons. The maximum atomic E-state index is 12.8. The first-order valence-electron chi connectivity index (χ1n) is 10.2. The standard InChI is InChI=1S/C24H23N5O3S/c1-17-3-4-18(2)22(13-17)33(31,32)28-21-8-6-20(7-9-21)24(30)27-15-19-5-10-23(26-14-19)29-12-11-25-16-29/h3-14,16,28H,15H2,1-2H3,(H,27,30). The average molecular weight is 462 g/mol. The van der Waals surface area contributed by atoms with Crippen LogP contribution in [0.25, 0.3) is 5.82 Å². The van der Waals surface area contributed by atoms with E-state index in [1.807, 2.05) is 25.1 Å². The van der Waals surface area contributed by atoms with Crippen LogP contribution < -0.4 is 10.0 Å². The molecule has 4 rings (SSSR count). The highest BCUT2D eigenvalue weighted by Gasteiger charge is 2.17. The van der Waals surface area contributed by atoms with Gasteiger partial charge in [0.25, 0.3) is 15.9 Å². The topological polar surface area (TPSA) is 106 Å². The number of hydrogen-bond donors (Lipinski definition) is 2. The van der Waals surface area contributed by atoms with Crippen molar-refractivity contribution in [3.05, 3.63) is 102 Å². The second-order valence-electron chi connectivity index (χ2n) is 7.63. The van der Waals surface area contributed by atoms with Crippen LogP contribution in [0.1, 0.15) is 27.0 Å². The van der Waals surface area contributed by atoms with Crippen LogP contribution in [0.4, 0.5) is 5.69 Å². The Hall–Kier alpha value is -3.98. The third-order valence-electron chi connectivity index (χ3n) is 5.06. The van der Waals surface area contributed by atoms with Crippen LogP contribution in [0, 0.1) is 13.8 Å². The van der Waals surface area contributed by atoms with Crippen molar-refractivity contribution in [3.8, 4) is 5.82 Å². The van der Waals surface area contributed by atoms with Gasteiger partial charge in [0, 0.05) is 36.4 Å². The van der Waals surface area contributed by atoms with Crippen LogP contribution in [-0.4, -0.2) is 28.9 Å². The van der Waals surface area contributed by atoms with Crippen molar-refractivity contribution >= 4 is 21.6 Å². The van der Waals surface area contributed by atoms with Crippen molar-refractivity contribution in [1.29, 1.82) is 0 Å². The summed E-state index contributed by atoms with van der Waals surface area (Å²) in [5, 5.41) is 2.84. The molecule has 0 aliphatic heterocycles. The van der Waals surface area contributed by atoms with Crippen LogP contribution in [0.15, 0.2) is 84.4 Å². The normalized spacial score (nSPS) is 11.2. The number of nitrogens with one attached hydrogen (secondary N) is 2. The third-order valence-corrected chi connectivity index (χ3v) is 6.59. The van der Waals surface area contributed by atoms with Crippen molar-refractivity contribution in [1.82, 2.24) is 19.9 Å². The molecule has 8 nitrogen and oxygen atoms in total. The molecule has 0 spiro atoms. The number of aromatic nitrogens is 3. The molecule has 0 aliphatic rings. The molecule has 2 aromatic carbocycles. The molecular formula is C24H23N5O3S. The van der Waals surface area contributed by atoms with Crippen LogP contribution >= 0.6 is 0 Å². The number of benzene rings is 2. The number of carbonyl (C=O) groups excluding carboxylic acids is 1. The molecule has 0 fully saturated rings. The van der Waals surface area contributed by atoms with Gasteiger partial charge >= 0.3 is 0 Å². The first-order chi connectivity index (χ1) is 15.8. The zero-order chi connectivity index (χ0) is 23.4. The van der Waals surface area contributed by atoms with E-state index in [2.05, 4.69) is 20.0 Å². The highest BCUT2D eigenvalue weighted by molar-refractivity contribution is 7.92. The molecule has 168 valence electrons. The zero-order valence-electron chi connectivity index (χ0n) is 18.2. The van der Waals surface area contributed by atoms with Gasteiger partial charge in [0.2, 0.25) is 0 Å². The second kappa shape index (κ2) is 9.25. The molecule has 0 atom stereocenters. The van der Waals surface area contributed by atoms with Gasteiger partial charge in [-0.2, -0.15) is 0 Å². The lowest BCUT2D eigenvalue weighted by atomic mass is 10.2. The van der Waals surface area contributed by atoms with Gasteiger partial charge in [-0.1, -0.05) is 18.2 Å². The molecule has 9 heteroatoms. The molecule has 4 aromatic rings. The molecule has 0 saturated carbocycles. The summed E-state index contributed by atoms with van der Waals surface area (Å²) in [5.74, 6) is 0.471. The summed E-state index contributed by atoms with van der Waals surface area (Å²) in [7, 11) is -3.73. The van der Waals surface area contributed by atoms with Gasteiger partial charge in [-0.3, -0.25) is 14.1 Å². The molecule has 2 N–H and O–H groups in total. The second-order valence-corrected chi connectivity index (χ2v) is 9.28. The summed E-state index contributed by atoms with van der Waals surface area (Å²) >= 11 is 0. The fourth-order valence-corrected chi connectivity index (χ4v) is 4.64.